The summed E-state index contributed by atoms with van der Waals surface area (Å²) in [6.45, 7) is 8.77. The summed E-state index contributed by atoms with van der Waals surface area (Å²) in [7, 11) is -3.90. The topological polar surface area (TPSA) is 132 Å². The Morgan fingerprint density at radius 3 is 2.48 bits per heavy atom. The number of nitro benzene ring substituents is 1. The molecule has 0 saturated carbocycles. The third-order valence-electron chi connectivity index (χ3n) is 3.68. The molecule has 2 heterocycles. The molecular formula is C17H20N6O4S2. The number of hydrogen-bond acceptors (Lipinski definition) is 8. The van der Waals surface area contributed by atoms with Gasteiger partial charge in [0.1, 0.15) is 0 Å². The predicted molar refractivity (Wildman–Crippen MR) is 108 cm³/mol. The first-order chi connectivity index (χ1) is 13.4. The highest BCUT2D eigenvalue weighted by Gasteiger charge is 2.26. The SMILES string of the molecule is Cc1cc(C)n2nc(Sc3ccc(S(=O)(=O)NC(C)(C)C)cc3[N+](=O)[O-])nc2n1. The molecule has 12 heteroatoms. The average Bonchev–Trinajstić information content (AvgIpc) is 2.95. The molecule has 2 aromatic heterocycles. The van der Waals surface area contributed by atoms with E-state index < -0.39 is 20.5 Å². The zero-order valence-electron chi connectivity index (χ0n) is 16.5. The smallest absolute Gasteiger partial charge is 0.258 e. The van der Waals surface area contributed by atoms with Crippen LogP contribution in [0.5, 0.6) is 0 Å². The van der Waals surface area contributed by atoms with Crippen LogP contribution in [-0.2, 0) is 10.0 Å². The Morgan fingerprint density at radius 1 is 1.17 bits per heavy atom. The Bertz CT molecular complexity index is 1210. The maximum absolute atomic E-state index is 12.5. The van der Waals surface area contributed by atoms with Gasteiger partial charge in [0.15, 0.2) is 0 Å². The molecule has 3 aromatic rings. The zero-order valence-corrected chi connectivity index (χ0v) is 18.1. The molecule has 0 radical (unpaired) electrons. The third kappa shape index (κ3) is 4.71. The summed E-state index contributed by atoms with van der Waals surface area (Å²) in [4.78, 5) is 19.6. The quantitative estimate of drug-likeness (QED) is 0.477. The standard InChI is InChI=1S/C17H20N6O4S2/c1-10-8-11(2)22-15(18-10)19-16(20-22)28-14-7-6-12(9-13(14)23(24)25)29(26,27)21-17(3,4)5/h6-9,21H,1-5H3. The van der Waals surface area contributed by atoms with Crippen molar-refractivity contribution in [1.82, 2.24) is 24.3 Å². The Kier molecular flexibility index (Phi) is 5.36. The molecule has 3 rings (SSSR count). The fourth-order valence-electron chi connectivity index (χ4n) is 2.64. The van der Waals surface area contributed by atoms with Crippen molar-refractivity contribution in [3.63, 3.8) is 0 Å². The molecule has 0 bridgehead atoms. The summed E-state index contributed by atoms with van der Waals surface area (Å²) in [6.07, 6.45) is 0. The molecule has 0 saturated heterocycles. The number of aromatic nitrogens is 4. The number of nitro groups is 1. The van der Waals surface area contributed by atoms with Crippen molar-refractivity contribution in [2.75, 3.05) is 0 Å². The Morgan fingerprint density at radius 2 is 1.86 bits per heavy atom. The minimum Gasteiger partial charge on any atom is -0.258 e. The van der Waals surface area contributed by atoms with Crippen LogP contribution in [0, 0.1) is 24.0 Å². The number of sulfonamides is 1. The summed E-state index contributed by atoms with van der Waals surface area (Å²) in [5.74, 6) is 0.390. The van der Waals surface area contributed by atoms with E-state index in [0.29, 0.717) is 5.78 Å². The van der Waals surface area contributed by atoms with E-state index in [1.165, 1.54) is 12.1 Å². The van der Waals surface area contributed by atoms with Crippen molar-refractivity contribution in [1.29, 1.82) is 0 Å². The van der Waals surface area contributed by atoms with Crippen molar-refractivity contribution in [3.8, 4) is 0 Å². The van der Waals surface area contributed by atoms with Gasteiger partial charge < -0.3 is 0 Å². The molecule has 0 aliphatic heterocycles. The highest BCUT2D eigenvalue weighted by Crippen LogP contribution is 2.35. The molecular weight excluding hydrogens is 416 g/mol. The van der Waals surface area contributed by atoms with E-state index >= 15 is 0 Å². The predicted octanol–water partition coefficient (Wildman–Crippen LogP) is 2.88. The van der Waals surface area contributed by atoms with E-state index in [9.17, 15) is 18.5 Å². The number of benzene rings is 1. The first-order valence-corrected chi connectivity index (χ1v) is 10.9. The summed E-state index contributed by atoms with van der Waals surface area (Å²) in [6, 6.07) is 5.60. The molecule has 0 fully saturated rings. The lowest BCUT2D eigenvalue weighted by molar-refractivity contribution is -0.388. The van der Waals surface area contributed by atoms with Crippen molar-refractivity contribution in [2.24, 2.45) is 0 Å². The van der Waals surface area contributed by atoms with Gasteiger partial charge in [-0.1, -0.05) is 0 Å². The van der Waals surface area contributed by atoms with Crippen molar-refractivity contribution in [3.05, 3.63) is 45.8 Å². The minimum absolute atomic E-state index is 0.181. The van der Waals surface area contributed by atoms with Gasteiger partial charge in [0, 0.05) is 23.0 Å². The monoisotopic (exact) mass is 436 g/mol. The van der Waals surface area contributed by atoms with E-state index in [4.69, 9.17) is 0 Å². The van der Waals surface area contributed by atoms with Gasteiger partial charge in [-0.05, 0) is 64.6 Å². The van der Waals surface area contributed by atoms with Gasteiger partial charge in [0.2, 0.25) is 15.2 Å². The van der Waals surface area contributed by atoms with Gasteiger partial charge in [-0.3, -0.25) is 10.1 Å². The van der Waals surface area contributed by atoms with Crippen LogP contribution in [0.1, 0.15) is 32.2 Å². The van der Waals surface area contributed by atoms with Crippen LogP contribution in [0.4, 0.5) is 5.69 Å². The lowest BCUT2D eigenvalue weighted by Gasteiger charge is -2.20. The Hall–Kier alpha value is -2.57. The highest BCUT2D eigenvalue weighted by atomic mass is 32.2. The van der Waals surface area contributed by atoms with E-state index in [0.717, 1.165) is 29.2 Å². The average molecular weight is 437 g/mol. The summed E-state index contributed by atoms with van der Waals surface area (Å²) in [5, 5.41) is 16.2. The summed E-state index contributed by atoms with van der Waals surface area (Å²) >= 11 is 0.975. The lowest BCUT2D eigenvalue weighted by atomic mass is 10.1. The number of nitrogens with one attached hydrogen (secondary N) is 1. The largest absolute Gasteiger partial charge is 0.284 e. The fraction of sp³-hybridized carbons (Fsp3) is 0.353. The van der Waals surface area contributed by atoms with Gasteiger partial charge >= 0.3 is 0 Å². The number of aryl methyl sites for hydroxylation is 2. The number of hydrogen-bond donors (Lipinski definition) is 1. The van der Waals surface area contributed by atoms with Gasteiger partial charge in [0.25, 0.3) is 11.5 Å². The van der Waals surface area contributed by atoms with Gasteiger partial charge in [-0.2, -0.15) is 4.98 Å². The molecule has 1 aromatic carbocycles. The zero-order chi connectivity index (χ0) is 21.6. The third-order valence-corrected chi connectivity index (χ3v) is 6.35. The van der Waals surface area contributed by atoms with E-state index in [-0.39, 0.29) is 20.6 Å². The minimum atomic E-state index is -3.90. The molecule has 1 N–H and O–H groups in total. The maximum Gasteiger partial charge on any atom is 0.284 e. The number of fused-ring (bicyclic) bond motifs is 1. The van der Waals surface area contributed by atoms with Gasteiger partial charge in [0.05, 0.1) is 14.7 Å². The second kappa shape index (κ2) is 7.35. The molecule has 0 atom stereocenters. The molecule has 0 unspecified atom stereocenters. The molecule has 0 amide bonds. The first-order valence-electron chi connectivity index (χ1n) is 8.57. The summed E-state index contributed by atoms with van der Waals surface area (Å²) in [5.41, 5.74) is 0.554. The van der Waals surface area contributed by atoms with E-state index in [1.54, 1.807) is 25.3 Å². The van der Waals surface area contributed by atoms with Crippen LogP contribution >= 0.6 is 11.8 Å². The van der Waals surface area contributed by atoms with Crippen LogP contribution in [-0.4, -0.2) is 38.5 Å². The molecule has 154 valence electrons. The molecule has 0 aliphatic rings. The summed E-state index contributed by atoms with van der Waals surface area (Å²) < 4.78 is 29.0. The van der Waals surface area contributed by atoms with Crippen LogP contribution in [0.2, 0.25) is 0 Å². The second-order valence-electron chi connectivity index (χ2n) is 7.49. The van der Waals surface area contributed by atoms with Crippen molar-refractivity contribution < 1.29 is 13.3 Å². The highest BCUT2D eigenvalue weighted by molar-refractivity contribution is 7.99. The Labute approximate surface area is 172 Å². The van der Waals surface area contributed by atoms with Gasteiger partial charge in [-0.25, -0.2) is 22.6 Å². The molecule has 10 nitrogen and oxygen atoms in total. The fourth-order valence-corrected chi connectivity index (χ4v) is 4.90. The van der Waals surface area contributed by atoms with Gasteiger partial charge in [-0.15, -0.1) is 5.10 Å². The molecule has 0 aliphatic carbocycles. The van der Waals surface area contributed by atoms with Crippen LogP contribution in [0.25, 0.3) is 5.78 Å². The molecule has 0 spiro atoms. The van der Waals surface area contributed by atoms with Crippen molar-refractivity contribution in [2.45, 2.75) is 55.1 Å². The van der Waals surface area contributed by atoms with Crippen LogP contribution < -0.4 is 4.72 Å². The normalized spacial score (nSPS) is 12.4. The number of rotatable bonds is 5. The molecule has 29 heavy (non-hydrogen) atoms. The van der Waals surface area contributed by atoms with Crippen LogP contribution in [0.3, 0.4) is 0 Å². The maximum atomic E-state index is 12.5. The lowest BCUT2D eigenvalue weighted by Crippen LogP contribution is -2.40. The van der Waals surface area contributed by atoms with E-state index in [2.05, 4.69) is 19.8 Å². The number of nitrogens with zero attached hydrogens (tertiary/aromatic N) is 5. The first kappa shape index (κ1) is 21.1. The van der Waals surface area contributed by atoms with Crippen LogP contribution in [0.15, 0.2) is 39.2 Å². The van der Waals surface area contributed by atoms with E-state index in [1.807, 2.05) is 19.9 Å². The van der Waals surface area contributed by atoms with Crippen molar-refractivity contribution >= 4 is 33.3 Å². The second-order valence-corrected chi connectivity index (χ2v) is 10.2. The Balaban J connectivity index is 2.00.